The number of hydrogen-bond acceptors (Lipinski definition) is 3. The fourth-order valence-corrected chi connectivity index (χ4v) is 1.71. The summed E-state index contributed by atoms with van der Waals surface area (Å²) in [6, 6.07) is 0. The van der Waals surface area contributed by atoms with Gasteiger partial charge in [0.25, 0.3) is 0 Å². The van der Waals surface area contributed by atoms with E-state index in [4.69, 9.17) is 0 Å². The monoisotopic (exact) mass is 221 g/mol. The molecule has 1 aromatic rings. The van der Waals surface area contributed by atoms with E-state index in [-0.39, 0.29) is 5.78 Å². The van der Waals surface area contributed by atoms with Crippen LogP contribution in [-0.4, -0.2) is 34.3 Å². The van der Waals surface area contributed by atoms with Gasteiger partial charge in [0.2, 0.25) is 5.78 Å². The molecule has 16 heavy (non-hydrogen) atoms. The SMILES string of the molecule is CCn1c(C)nc(C)c1C(=O)/C=C/N(C)C. The van der Waals surface area contributed by atoms with Gasteiger partial charge in [-0.1, -0.05) is 0 Å². The van der Waals surface area contributed by atoms with Crippen LogP contribution in [0.5, 0.6) is 0 Å². The number of carbonyl (C=O) groups is 1. The Kier molecular flexibility index (Phi) is 3.88. The Balaban J connectivity index is 3.08. The van der Waals surface area contributed by atoms with E-state index in [2.05, 4.69) is 4.98 Å². The van der Waals surface area contributed by atoms with Gasteiger partial charge in [0.05, 0.1) is 5.69 Å². The van der Waals surface area contributed by atoms with Crippen LogP contribution < -0.4 is 0 Å². The molecule has 0 saturated carbocycles. The van der Waals surface area contributed by atoms with E-state index in [0.29, 0.717) is 5.69 Å². The molecule has 0 bridgehead atoms. The van der Waals surface area contributed by atoms with Gasteiger partial charge >= 0.3 is 0 Å². The summed E-state index contributed by atoms with van der Waals surface area (Å²) in [4.78, 5) is 18.2. The fraction of sp³-hybridized carbons (Fsp3) is 0.500. The topological polar surface area (TPSA) is 38.1 Å². The van der Waals surface area contributed by atoms with Gasteiger partial charge in [-0.25, -0.2) is 4.98 Å². The smallest absolute Gasteiger partial charge is 0.205 e. The fourth-order valence-electron chi connectivity index (χ4n) is 1.71. The van der Waals surface area contributed by atoms with Crippen LogP contribution in [0.15, 0.2) is 12.3 Å². The zero-order chi connectivity index (χ0) is 12.3. The molecule has 0 spiro atoms. The lowest BCUT2D eigenvalue weighted by atomic mass is 10.2. The minimum Gasteiger partial charge on any atom is -0.383 e. The van der Waals surface area contributed by atoms with Crippen molar-refractivity contribution >= 4 is 5.78 Å². The van der Waals surface area contributed by atoms with Crippen molar-refractivity contribution < 1.29 is 4.79 Å². The number of ketones is 1. The number of aromatic nitrogens is 2. The number of carbonyl (C=O) groups excluding carboxylic acids is 1. The molecule has 0 aliphatic rings. The average molecular weight is 221 g/mol. The summed E-state index contributed by atoms with van der Waals surface area (Å²) >= 11 is 0. The van der Waals surface area contributed by atoms with Crippen molar-refractivity contribution in [3.63, 3.8) is 0 Å². The van der Waals surface area contributed by atoms with Gasteiger partial charge in [-0.2, -0.15) is 0 Å². The van der Waals surface area contributed by atoms with Crippen LogP contribution in [0.25, 0.3) is 0 Å². The zero-order valence-electron chi connectivity index (χ0n) is 10.6. The number of aryl methyl sites for hydroxylation is 2. The lowest BCUT2D eigenvalue weighted by Gasteiger charge is -2.06. The van der Waals surface area contributed by atoms with E-state index in [0.717, 1.165) is 18.1 Å². The maximum absolute atomic E-state index is 12.0. The van der Waals surface area contributed by atoms with Crippen LogP contribution in [0.4, 0.5) is 0 Å². The van der Waals surface area contributed by atoms with Crippen LogP contribution in [0.1, 0.15) is 28.9 Å². The molecule has 4 nitrogen and oxygen atoms in total. The molecular weight excluding hydrogens is 202 g/mol. The quantitative estimate of drug-likeness (QED) is 0.574. The Labute approximate surface area is 96.6 Å². The normalized spacial score (nSPS) is 11.1. The summed E-state index contributed by atoms with van der Waals surface area (Å²) in [6.45, 7) is 6.57. The minimum atomic E-state index is 0.00801. The second kappa shape index (κ2) is 4.96. The molecule has 0 radical (unpaired) electrons. The first-order chi connectivity index (χ1) is 7.47. The predicted octanol–water partition coefficient (Wildman–Crippen LogP) is 1.78. The van der Waals surface area contributed by atoms with Crippen LogP contribution in [0, 0.1) is 13.8 Å². The van der Waals surface area contributed by atoms with Crippen molar-refractivity contribution in [1.82, 2.24) is 14.5 Å². The molecule has 0 aliphatic heterocycles. The molecule has 1 rings (SSSR count). The van der Waals surface area contributed by atoms with Gasteiger partial charge in [-0.15, -0.1) is 0 Å². The van der Waals surface area contributed by atoms with E-state index in [9.17, 15) is 4.79 Å². The van der Waals surface area contributed by atoms with Crippen molar-refractivity contribution in [2.24, 2.45) is 0 Å². The molecule has 0 saturated heterocycles. The van der Waals surface area contributed by atoms with Crippen LogP contribution >= 0.6 is 0 Å². The first-order valence-electron chi connectivity index (χ1n) is 5.40. The first kappa shape index (κ1) is 12.5. The Bertz CT molecular complexity index is 416. The third-order valence-corrected chi connectivity index (χ3v) is 2.41. The number of allylic oxidation sites excluding steroid dienone is 1. The number of imidazole rings is 1. The van der Waals surface area contributed by atoms with Crippen LogP contribution in [-0.2, 0) is 6.54 Å². The molecule has 0 fully saturated rings. The van der Waals surface area contributed by atoms with Crippen molar-refractivity contribution in [3.05, 3.63) is 29.5 Å². The second-order valence-electron chi connectivity index (χ2n) is 3.98. The molecule has 0 aromatic carbocycles. The van der Waals surface area contributed by atoms with E-state index >= 15 is 0 Å². The number of rotatable bonds is 4. The minimum absolute atomic E-state index is 0.00801. The summed E-state index contributed by atoms with van der Waals surface area (Å²) in [6.07, 6.45) is 3.33. The first-order valence-corrected chi connectivity index (χ1v) is 5.40. The van der Waals surface area contributed by atoms with Crippen LogP contribution in [0.3, 0.4) is 0 Å². The van der Waals surface area contributed by atoms with Crippen molar-refractivity contribution in [2.45, 2.75) is 27.3 Å². The Hall–Kier alpha value is -1.58. The summed E-state index contributed by atoms with van der Waals surface area (Å²) < 4.78 is 1.94. The molecule has 0 N–H and O–H groups in total. The highest BCUT2D eigenvalue weighted by Gasteiger charge is 2.15. The van der Waals surface area contributed by atoms with E-state index in [1.807, 2.05) is 44.3 Å². The molecule has 4 heteroatoms. The summed E-state index contributed by atoms with van der Waals surface area (Å²) in [5.74, 6) is 0.898. The zero-order valence-corrected chi connectivity index (χ0v) is 10.6. The summed E-state index contributed by atoms with van der Waals surface area (Å²) in [7, 11) is 3.78. The summed E-state index contributed by atoms with van der Waals surface area (Å²) in [5, 5.41) is 0. The Morgan fingerprint density at radius 2 is 2.06 bits per heavy atom. The second-order valence-corrected chi connectivity index (χ2v) is 3.98. The van der Waals surface area contributed by atoms with Gasteiger partial charge in [-0.3, -0.25) is 4.79 Å². The van der Waals surface area contributed by atoms with Gasteiger partial charge in [0, 0.05) is 32.9 Å². The molecule has 88 valence electrons. The number of hydrogen-bond donors (Lipinski definition) is 0. The molecule has 1 aromatic heterocycles. The van der Waals surface area contributed by atoms with Gasteiger partial charge < -0.3 is 9.47 Å². The lowest BCUT2D eigenvalue weighted by Crippen LogP contribution is -2.10. The van der Waals surface area contributed by atoms with E-state index < -0.39 is 0 Å². The molecular formula is C12H19N3O. The van der Waals surface area contributed by atoms with Gasteiger partial charge in [-0.05, 0) is 20.8 Å². The third-order valence-electron chi connectivity index (χ3n) is 2.41. The summed E-state index contributed by atoms with van der Waals surface area (Å²) in [5.41, 5.74) is 1.49. The molecule has 0 amide bonds. The lowest BCUT2D eigenvalue weighted by molar-refractivity contribution is 0.103. The molecule has 0 aliphatic carbocycles. The largest absolute Gasteiger partial charge is 0.383 e. The molecule has 0 atom stereocenters. The standard InChI is InChI=1S/C12H19N3O/c1-6-15-10(3)13-9(2)12(15)11(16)7-8-14(4)5/h7-8H,6H2,1-5H3/b8-7+. The Morgan fingerprint density at radius 1 is 1.44 bits per heavy atom. The maximum atomic E-state index is 12.0. The van der Waals surface area contributed by atoms with Crippen molar-refractivity contribution in [1.29, 1.82) is 0 Å². The average Bonchev–Trinajstić information content (AvgIpc) is 2.49. The van der Waals surface area contributed by atoms with E-state index in [1.54, 1.807) is 12.3 Å². The molecule has 1 heterocycles. The van der Waals surface area contributed by atoms with Crippen molar-refractivity contribution in [2.75, 3.05) is 14.1 Å². The maximum Gasteiger partial charge on any atom is 0.205 e. The van der Waals surface area contributed by atoms with Gasteiger partial charge in [0.15, 0.2) is 0 Å². The highest BCUT2D eigenvalue weighted by Crippen LogP contribution is 2.12. The predicted molar refractivity (Wildman–Crippen MR) is 64.5 cm³/mol. The van der Waals surface area contributed by atoms with E-state index in [1.165, 1.54) is 0 Å². The number of nitrogens with zero attached hydrogens (tertiary/aromatic N) is 3. The van der Waals surface area contributed by atoms with Gasteiger partial charge in [0.1, 0.15) is 11.5 Å². The molecule has 0 unspecified atom stereocenters. The highest BCUT2D eigenvalue weighted by molar-refractivity contribution is 6.04. The van der Waals surface area contributed by atoms with Crippen molar-refractivity contribution in [3.8, 4) is 0 Å². The third kappa shape index (κ3) is 2.51. The highest BCUT2D eigenvalue weighted by atomic mass is 16.1. The van der Waals surface area contributed by atoms with Crippen LogP contribution in [0.2, 0.25) is 0 Å². The Morgan fingerprint density at radius 3 is 2.56 bits per heavy atom.